The normalized spacial score (nSPS) is 10.5. The molecule has 0 aliphatic carbocycles. The number of amides is 1. The van der Waals surface area contributed by atoms with Crippen LogP contribution < -0.4 is 11.1 Å². The summed E-state index contributed by atoms with van der Waals surface area (Å²) >= 11 is 2.15. The van der Waals surface area contributed by atoms with E-state index in [9.17, 15) is 4.79 Å². The van der Waals surface area contributed by atoms with Crippen molar-refractivity contribution < 1.29 is 4.79 Å². The molecule has 3 nitrogen and oxygen atoms in total. The zero-order valence-corrected chi connectivity index (χ0v) is 12.3. The van der Waals surface area contributed by atoms with Crippen LogP contribution in [-0.2, 0) is 0 Å². The van der Waals surface area contributed by atoms with Crippen LogP contribution in [0.25, 0.3) is 0 Å². The first-order chi connectivity index (χ1) is 6.96. The van der Waals surface area contributed by atoms with E-state index < -0.39 is 0 Å². The van der Waals surface area contributed by atoms with Crippen LogP contribution in [0.2, 0.25) is 0 Å². The maximum Gasteiger partial charge on any atom is 0.252 e. The molecule has 90 valence electrons. The quantitative estimate of drug-likeness (QED) is 0.818. The Morgan fingerprint density at radius 1 is 1.44 bits per heavy atom. The van der Waals surface area contributed by atoms with Gasteiger partial charge in [0.05, 0.1) is 5.56 Å². The summed E-state index contributed by atoms with van der Waals surface area (Å²) in [4.78, 5) is 11.9. The summed E-state index contributed by atoms with van der Waals surface area (Å²) in [6.07, 6.45) is 0. The number of rotatable bonds is 3. The highest BCUT2D eigenvalue weighted by molar-refractivity contribution is 14.1. The van der Waals surface area contributed by atoms with Crippen molar-refractivity contribution in [2.24, 2.45) is 5.73 Å². The Bertz CT molecular complexity index is 369. The number of carbonyl (C=O) groups excluding carboxylic acids is 1. The van der Waals surface area contributed by atoms with Gasteiger partial charge in [-0.2, -0.15) is 0 Å². The van der Waals surface area contributed by atoms with E-state index in [1.54, 1.807) is 0 Å². The minimum Gasteiger partial charge on any atom is -0.346 e. The van der Waals surface area contributed by atoms with Gasteiger partial charge in [-0.3, -0.25) is 4.79 Å². The van der Waals surface area contributed by atoms with Gasteiger partial charge >= 0.3 is 0 Å². The summed E-state index contributed by atoms with van der Waals surface area (Å²) in [5, 5.41) is 2.89. The third-order valence-electron chi connectivity index (χ3n) is 2.08. The monoisotopic (exact) mass is 354 g/mol. The third kappa shape index (κ3) is 4.27. The van der Waals surface area contributed by atoms with E-state index in [-0.39, 0.29) is 23.9 Å². The van der Waals surface area contributed by atoms with Gasteiger partial charge in [-0.25, -0.2) is 0 Å². The zero-order chi connectivity index (χ0) is 11.5. The highest BCUT2D eigenvalue weighted by atomic mass is 127. The van der Waals surface area contributed by atoms with Crippen LogP contribution in [0.3, 0.4) is 0 Å². The topological polar surface area (TPSA) is 55.1 Å². The van der Waals surface area contributed by atoms with Crippen molar-refractivity contribution in [2.45, 2.75) is 19.4 Å². The molecule has 0 aliphatic rings. The van der Waals surface area contributed by atoms with Crippen molar-refractivity contribution in [2.75, 3.05) is 6.54 Å². The van der Waals surface area contributed by atoms with Gasteiger partial charge in [-0.1, -0.05) is 12.1 Å². The largest absolute Gasteiger partial charge is 0.346 e. The smallest absolute Gasteiger partial charge is 0.252 e. The Hall–Kier alpha value is -0.330. The maximum absolute atomic E-state index is 11.9. The molecule has 0 atom stereocenters. The van der Waals surface area contributed by atoms with Crippen LogP contribution in [-0.4, -0.2) is 18.0 Å². The fourth-order valence-electron chi connectivity index (χ4n) is 1.07. The molecule has 0 fully saturated rings. The van der Waals surface area contributed by atoms with Crippen molar-refractivity contribution >= 4 is 40.9 Å². The second-order valence-electron chi connectivity index (χ2n) is 4.02. The molecule has 3 N–H and O–H groups in total. The molecule has 0 saturated carbocycles. The second kappa shape index (κ2) is 6.42. The Morgan fingerprint density at radius 2 is 2.00 bits per heavy atom. The summed E-state index contributed by atoms with van der Waals surface area (Å²) in [7, 11) is 0. The summed E-state index contributed by atoms with van der Waals surface area (Å²) in [6, 6.07) is 7.48. The van der Waals surface area contributed by atoms with E-state index in [1.807, 2.05) is 38.1 Å². The fourth-order valence-corrected chi connectivity index (χ4v) is 1.70. The highest BCUT2D eigenvalue weighted by Crippen LogP contribution is 2.12. The number of nitrogens with one attached hydrogen (secondary N) is 1. The van der Waals surface area contributed by atoms with Crippen LogP contribution in [0.4, 0.5) is 0 Å². The van der Waals surface area contributed by atoms with Crippen molar-refractivity contribution in [3.63, 3.8) is 0 Å². The predicted molar refractivity (Wildman–Crippen MR) is 77.0 cm³/mol. The van der Waals surface area contributed by atoms with Crippen LogP contribution in [0.15, 0.2) is 24.3 Å². The van der Waals surface area contributed by atoms with Crippen molar-refractivity contribution in [3.05, 3.63) is 33.4 Å². The van der Waals surface area contributed by atoms with E-state index in [1.165, 1.54) is 0 Å². The molecular weight excluding hydrogens is 338 g/mol. The minimum atomic E-state index is -0.365. The molecule has 16 heavy (non-hydrogen) atoms. The number of carbonyl (C=O) groups is 1. The molecule has 1 aromatic rings. The highest BCUT2D eigenvalue weighted by Gasteiger charge is 2.20. The fraction of sp³-hybridized carbons (Fsp3) is 0.364. The van der Waals surface area contributed by atoms with Crippen molar-refractivity contribution in [3.8, 4) is 0 Å². The lowest BCUT2D eigenvalue weighted by Gasteiger charge is -2.24. The Kier molecular flexibility index (Phi) is 6.28. The average molecular weight is 355 g/mol. The maximum atomic E-state index is 11.9. The Morgan fingerprint density at radius 3 is 2.50 bits per heavy atom. The van der Waals surface area contributed by atoms with Gasteiger partial charge in [-0.15, -0.1) is 12.4 Å². The lowest BCUT2D eigenvalue weighted by molar-refractivity contribution is 0.0915. The molecule has 1 rings (SSSR count). The Balaban J connectivity index is 0.00000225. The summed E-state index contributed by atoms with van der Waals surface area (Å²) < 4.78 is 0.945. The Labute approximate surface area is 116 Å². The van der Waals surface area contributed by atoms with Crippen LogP contribution >= 0.6 is 35.0 Å². The molecule has 0 spiro atoms. The SMILES string of the molecule is CC(C)(CN)NC(=O)c1ccccc1I.Cl. The number of hydrogen-bond donors (Lipinski definition) is 2. The van der Waals surface area contributed by atoms with E-state index in [0.717, 1.165) is 3.57 Å². The molecule has 0 heterocycles. The van der Waals surface area contributed by atoms with E-state index in [2.05, 4.69) is 27.9 Å². The van der Waals surface area contributed by atoms with Crippen LogP contribution in [0.5, 0.6) is 0 Å². The lowest BCUT2D eigenvalue weighted by Crippen LogP contribution is -2.49. The van der Waals surface area contributed by atoms with Crippen molar-refractivity contribution in [1.29, 1.82) is 0 Å². The van der Waals surface area contributed by atoms with Gasteiger partial charge in [0.25, 0.3) is 5.91 Å². The first-order valence-corrected chi connectivity index (χ1v) is 5.81. The lowest BCUT2D eigenvalue weighted by atomic mass is 10.1. The first kappa shape index (κ1) is 15.7. The number of nitrogens with two attached hydrogens (primary N) is 1. The second-order valence-corrected chi connectivity index (χ2v) is 5.18. The summed E-state index contributed by atoms with van der Waals surface area (Å²) in [6.45, 7) is 4.23. The molecule has 5 heteroatoms. The van der Waals surface area contributed by atoms with Crippen molar-refractivity contribution in [1.82, 2.24) is 5.32 Å². The van der Waals surface area contributed by atoms with Gasteiger partial charge < -0.3 is 11.1 Å². The molecule has 0 saturated heterocycles. The number of benzene rings is 1. The summed E-state index contributed by atoms with van der Waals surface area (Å²) in [5.74, 6) is -0.0737. The third-order valence-corrected chi connectivity index (χ3v) is 3.02. The molecule has 0 aromatic heterocycles. The number of hydrogen-bond acceptors (Lipinski definition) is 2. The molecule has 1 aromatic carbocycles. The number of halogens is 2. The molecular formula is C11H16ClIN2O. The minimum absolute atomic E-state index is 0. The van der Waals surface area contributed by atoms with Crippen LogP contribution in [0, 0.1) is 3.57 Å². The molecule has 0 radical (unpaired) electrons. The van der Waals surface area contributed by atoms with Gasteiger partial charge in [-0.05, 0) is 48.6 Å². The molecule has 0 bridgehead atoms. The molecule has 0 aliphatic heterocycles. The summed E-state index contributed by atoms with van der Waals surface area (Å²) in [5.41, 5.74) is 5.88. The van der Waals surface area contributed by atoms with E-state index in [4.69, 9.17) is 5.73 Å². The van der Waals surface area contributed by atoms with Gasteiger partial charge in [0.15, 0.2) is 0 Å². The average Bonchev–Trinajstić information content (AvgIpc) is 2.17. The first-order valence-electron chi connectivity index (χ1n) is 4.73. The standard InChI is InChI=1S/C11H15IN2O.ClH/c1-11(2,7-13)14-10(15)8-5-3-4-6-9(8)12;/h3-6H,7,13H2,1-2H3,(H,14,15);1H. The molecule has 0 unspecified atom stereocenters. The molecule has 1 amide bonds. The van der Waals surface area contributed by atoms with E-state index in [0.29, 0.717) is 12.1 Å². The van der Waals surface area contributed by atoms with Crippen LogP contribution in [0.1, 0.15) is 24.2 Å². The zero-order valence-electron chi connectivity index (χ0n) is 9.29. The van der Waals surface area contributed by atoms with E-state index >= 15 is 0 Å². The van der Waals surface area contributed by atoms with Gasteiger partial charge in [0.1, 0.15) is 0 Å². The predicted octanol–water partition coefficient (Wildman–Crippen LogP) is 2.18. The van der Waals surface area contributed by atoms with Gasteiger partial charge in [0, 0.05) is 15.7 Å². The van der Waals surface area contributed by atoms with Gasteiger partial charge in [0.2, 0.25) is 0 Å².